The lowest BCUT2D eigenvalue weighted by Gasteiger charge is -2.25. The van der Waals surface area contributed by atoms with Crippen molar-refractivity contribution in [2.45, 2.75) is 25.4 Å². The first-order valence-corrected chi connectivity index (χ1v) is 13.9. The predicted octanol–water partition coefficient (Wildman–Crippen LogP) is 2.95. The monoisotopic (exact) mass is 570 g/mol. The number of benzene rings is 2. The van der Waals surface area contributed by atoms with Crippen molar-refractivity contribution in [2.24, 2.45) is 0 Å². The molecule has 1 saturated heterocycles. The third-order valence-corrected chi connectivity index (χ3v) is 7.09. The van der Waals surface area contributed by atoms with E-state index in [0.29, 0.717) is 51.2 Å². The average Bonchev–Trinajstić information content (AvgIpc) is 3.38. The lowest BCUT2D eigenvalue weighted by Crippen LogP contribution is -2.34. The Bertz CT molecular complexity index is 1110. The van der Waals surface area contributed by atoms with Gasteiger partial charge in [0.2, 0.25) is 11.8 Å². The molecule has 224 valence electrons. The van der Waals surface area contributed by atoms with Gasteiger partial charge in [-0.3, -0.25) is 14.5 Å². The number of amides is 2. The number of rotatable bonds is 17. The number of anilines is 1. The second-order valence-electron chi connectivity index (χ2n) is 10.3. The number of ether oxygens (including phenoxy) is 3. The van der Waals surface area contributed by atoms with Crippen molar-refractivity contribution in [3.63, 3.8) is 0 Å². The van der Waals surface area contributed by atoms with Crippen LogP contribution in [0.5, 0.6) is 0 Å². The molecule has 0 aromatic heterocycles. The van der Waals surface area contributed by atoms with Crippen LogP contribution in [-0.2, 0) is 30.3 Å². The number of nitrogens with zero attached hydrogens (tertiary/aromatic N) is 2. The van der Waals surface area contributed by atoms with Gasteiger partial charge in [0.15, 0.2) is 0 Å². The van der Waals surface area contributed by atoms with E-state index in [-0.39, 0.29) is 36.8 Å². The van der Waals surface area contributed by atoms with Gasteiger partial charge in [0.1, 0.15) is 12.4 Å². The number of carbonyl (C=O) groups is 2. The highest BCUT2D eigenvalue weighted by Gasteiger charge is 2.35. The van der Waals surface area contributed by atoms with Crippen molar-refractivity contribution in [3.8, 4) is 0 Å². The standard InChI is InChI=1S/C31H43FN4O5/c1-5-30(37)33-13-14-39-15-16-40-17-18-41-22-31(38)34-25-11-9-24(10-12-25)27-20-36(21-29(27)35(3)4)19-26-23(2)7-6-8-28(26)32/h5-12,27,29H,1,13-22H2,2-4H3,(H,33,37)(H,34,38)/t27-,29+/m1/s1. The van der Waals surface area contributed by atoms with Crippen LogP contribution in [0.3, 0.4) is 0 Å². The molecule has 0 spiro atoms. The van der Waals surface area contributed by atoms with Crippen LogP contribution in [0.25, 0.3) is 0 Å². The summed E-state index contributed by atoms with van der Waals surface area (Å²) in [5.41, 5.74) is 3.63. The molecule has 0 bridgehead atoms. The Hall–Kier alpha value is -3.15. The minimum atomic E-state index is -0.235. The number of halogens is 1. The fourth-order valence-electron chi connectivity index (χ4n) is 4.87. The van der Waals surface area contributed by atoms with Gasteiger partial charge in [-0.05, 0) is 56.4 Å². The summed E-state index contributed by atoms with van der Waals surface area (Å²) in [7, 11) is 4.16. The second-order valence-corrected chi connectivity index (χ2v) is 10.3. The highest BCUT2D eigenvalue weighted by atomic mass is 19.1. The smallest absolute Gasteiger partial charge is 0.250 e. The van der Waals surface area contributed by atoms with Crippen molar-refractivity contribution in [3.05, 3.63) is 77.6 Å². The largest absolute Gasteiger partial charge is 0.377 e. The van der Waals surface area contributed by atoms with Gasteiger partial charge in [0.25, 0.3) is 0 Å². The first-order valence-electron chi connectivity index (χ1n) is 13.9. The zero-order valence-corrected chi connectivity index (χ0v) is 24.4. The van der Waals surface area contributed by atoms with Crippen molar-refractivity contribution >= 4 is 17.5 Å². The normalized spacial score (nSPS) is 17.1. The first-order chi connectivity index (χ1) is 19.8. The molecule has 0 saturated carbocycles. The van der Waals surface area contributed by atoms with E-state index < -0.39 is 0 Å². The van der Waals surface area contributed by atoms with Gasteiger partial charge >= 0.3 is 0 Å². The maximum Gasteiger partial charge on any atom is 0.250 e. The Morgan fingerprint density at radius 1 is 1.02 bits per heavy atom. The summed E-state index contributed by atoms with van der Waals surface area (Å²) in [6.07, 6.45) is 1.21. The fraction of sp³-hybridized carbons (Fsp3) is 0.484. The van der Waals surface area contributed by atoms with Gasteiger partial charge in [0.05, 0.1) is 33.0 Å². The summed E-state index contributed by atoms with van der Waals surface area (Å²) in [5, 5.41) is 5.48. The van der Waals surface area contributed by atoms with Crippen molar-refractivity contribution in [2.75, 3.05) is 78.7 Å². The zero-order valence-electron chi connectivity index (χ0n) is 24.4. The molecule has 1 heterocycles. The molecule has 1 aliphatic heterocycles. The summed E-state index contributed by atoms with van der Waals surface area (Å²) < 4.78 is 30.6. The van der Waals surface area contributed by atoms with Gasteiger partial charge in [-0.1, -0.05) is 30.8 Å². The topological polar surface area (TPSA) is 92.4 Å². The van der Waals surface area contributed by atoms with E-state index in [1.54, 1.807) is 6.07 Å². The number of aryl methyl sites for hydroxylation is 1. The molecule has 2 atom stereocenters. The van der Waals surface area contributed by atoms with Gasteiger partial charge in [-0.15, -0.1) is 0 Å². The Kier molecular flexibility index (Phi) is 13.4. The first kappa shape index (κ1) is 32.4. The van der Waals surface area contributed by atoms with Crippen LogP contribution in [0.1, 0.15) is 22.6 Å². The minimum absolute atomic E-state index is 0.0691. The van der Waals surface area contributed by atoms with Gasteiger partial charge in [-0.2, -0.15) is 0 Å². The van der Waals surface area contributed by atoms with Gasteiger partial charge < -0.3 is 29.7 Å². The van der Waals surface area contributed by atoms with Crippen LogP contribution in [0.15, 0.2) is 55.1 Å². The average molecular weight is 571 g/mol. The van der Waals surface area contributed by atoms with E-state index in [2.05, 4.69) is 53.2 Å². The molecular formula is C31H43FN4O5. The fourth-order valence-corrected chi connectivity index (χ4v) is 4.87. The molecule has 9 nitrogen and oxygen atoms in total. The quantitative estimate of drug-likeness (QED) is 0.223. The molecule has 2 N–H and O–H groups in total. The van der Waals surface area contributed by atoms with E-state index in [9.17, 15) is 14.0 Å². The summed E-state index contributed by atoms with van der Waals surface area (Å²) in [5.74, 6) is -0.346. The molecule has 0 aliphatic carbocycles. The van der Waals surface area contributed by atoms with Crippen molar-refractivity contribution < 1.29 is 28.2 Å². The number of hydrogen-bond acceptors (Lipinski definition) is 7. The second kappa shape index (κ2) is 17.0. The van der Waals surface area contributed by atoms with Crippen molar-refractivity contribution in [1.29, 1.82) is 0 Å². The maximum atomic E-state index is 14.4. The molecule has 0 unspecified atom stereocenters. The Labute approximate surface area is 242 Å². The molecule has 1 aliphatic rings. The predicted molar refractivity (Wildman–Crippen MR) is 157 cm³/mol. The Morgan fingerprint density at radius 2 is 1.71 bits per heavy atom. The maximum absolute atomic E-state index is 14.4. The number of likely N-dealkylation sites (tertiary alicyclic amines) is 1. The third kappa shape index (κ3) is 10.6. The highest BCUT2D eigenvalue weighted by molar-refractivity contribution is 5.91. The van der Waals surface area contributed by atoms with E-state index in [0.717, 1.165) is 24.2 Å². The summed E-state index contributed by atoms with van der Waals surface area (Å²) in [6.45, 7) is 9.78. The zero-order chi connectivity index (χ0) is 29.6. The van der Waals surface area contributed by atoms with E-state index in [1.165, 1.54) is 17.7 Å². The summed E-state index contributed by atoms with van der Waals surface area (Å²) >= 11 is 0. The molecule has 1 fully saturated rings. The van der Waals surface area contributed by atoms with Crippen LogP contribution in [0.2, 0.25) is 0 Å². The SMILES string of the molecule is C=CC(=O)NCCOCCOCCOCC(=O)Nc1ccc([C@H]2CN(Cc3c(C)cccc3F)C[C@@H]2N(C)C)cc1. The van der Waals surface area contributed by atoms with Crippen LogP contribution >= 0.6 is 0 Å². The highest BCUT2D eigenvalue weighted by Crippen LogP contribution is 2.32. The van der Waals surface area contributed by atoms with Crippen molar-refractivity contribution in [1.82, 2.24) is 15.1 Å². The van der Waals surface area contributed by atoms with Crippen LogP contribution in [0.4, 0.5) is 10.1 Å². The minimum Gasteiger partial charge on any atom is -0.377 e. The molecule has 2 aromatic rings. The number of hydrogen-bond donors (Lipinski definition) is 2. The lowest BCUT2D eigenvalue weighted by molar-refractivity contribution is -0.121. The van der Waals surface area contributed by atoms with E-state index in [4.69, 9.17) is 14.2 Å². The van der Waals surface area contributed by atoms with Crippen LogP contribution < -0.4 is 10.6 Å². The van der Waals surface area contributed by atoms with Gasteiger partial charge in [-0.25, -0.2) is 4.39 Å². The molecule has 2 amide bonds. The molecule has 2 aromatic carbocycles. The molecule has 10 heteroatoms. The number of likely N-dealkylation sites (N-methyl/N-ethyl adjacent to an activating group) is 1. The van der Waals surface area contributed by atoms with Gasteiger partial charge in [0, 0.05) is 49.4 Å². The van der Waals surface area contributed by atoms with E-state index >= 15 is 0 Å². The molecular weight excluding hydrogens is 527 g/mol. The van der Waals surface area contributed by atoms with E-state index in [1.807, 2.05) is 25.1 Å². The molecule has 0 radical (unpaired) electrons. The Balaban J connectivity index is 1.36. The van der Waals surface area contributed by atoms with Crippen LogP contribution in [-0.4, -0.2) is 101 Å². The summed E-state index contributed by atoms with van der Waals surface area (Å²) in [4.78, 5) is 27.8. The van der Waals surface area contributed by atoms with Crippen LogP contribution in [0, 0.1) is 12.7 Å². The Morgan fingerprint density at radius 3 is 2.37 bits per heavy atom. The molecule has 3 rings (SSSR count). The lowest BCUT2D eigenvalue weighted by atomic mass is 9.93. The number of carbonyl (C=O) groups excluding carboxylic acids is 2. The number of nitrogens with one attached hydrogen (secondary N) is 2. The summed E-state index contributed by atoms with van der Waals surface area (Å²) in [6, 6.07) is 13.5. The molecule has 41 heavy (non-hydrogen) atoms. The third-order valence-electron chi connectivity index (χ3n) is 7.09.